The molecule has 3 aromatic rings. The highest BCUT2D eigenvalue weighted by molar-refractivity contribution is 5.94. The van der Waals surface area contributed by atoms with Crippen molar-refractivity contribution >= 4 is 28.3 Å². The molecule has 2 amide bonds. The minimum absolute atomic E-state index is 0.146. The van der Waals surface area contributed by atoms with Gasteiger partial charge >= 0.3 is 6.03 Å². The van der Waals surface area contributed by atoms with Crippen LogP contribution in [-0.4, -0.2) is 56.3 Å². The topological polar surface area (TPSA) is 66.9 Å². The van der Waals surface area contributed by atoms with Gasteiger partial charge in [0, 0.05) is 43.3 Å². The van der Waals surface area contributed by atoms with E-state index in [1.807, 2.05) is 41.3 Å². The van der Waals surface area contributed by atoms with Crippen LogP contribution in [0.5, 0.6) is 11.6 Å². The molecule has 0 radical (unpaired) electrons. The molecule has 1 fully saturated rings. The van der Waals surface area contributed by atoms with Crippen LogP contribution in [0.1, 0.15) is 5.56 Å². The minimum atomic E-state index is -0.146. The number of fused-ring (bicyclic) bond motifs is 1. The Bertz CT molecular complexity index is 1060. The van der Waals surface area contributed by atoms with Crippen molar-refractivity contribution in [3.8, 4) is 11.6 Å². The number of aromatic nitrogens is 1. The van der Waals surface area contributed by atoms with Crippen LogP contribution in [0.25, 0.3) is 10.9 Å². The minimum Gasteiger partial charge on any atom is -0.497 e. The summed E-state index contributed by atoms with van der Waals surface area (Å²) >= 11 is 0. The van der Waals surface area contributed by atoms with Gasteiger partial charge in [0.05, 0.1) is 19.7 Å². The lowest BCUT2D eigenvalue weighted by molar-refractivity contribution is 0.208. The molecule has 0 unspecified atom stereocenters. The molecule has 1 aliphatic rings. The van der Waals surface area contributed by atoms with Crippen molar-refractivity contribution in [3.05, 3.63) is 54.1 Å². The zero-order valence-electron chi connectivity index (χ0n) is 17.5. The summed E-state index contributed by atoms with van der Waals surface area (Å²) in [5, 5.41) is 3.92. The number of hydrogen-bond acceptors (Lipinski definition) is 5. The van der Waals surface area contributed by atoms with Gasteiger partial charge in [0.15, 0.2) is 0 Å². The van der Waals surface area contributed by atoms with Gasteiger partial charge in [-0.15, -0.1) is 0 Å². The van der Waals surface area contributed by atoms with Crippen LogP contribution in [0, 0.1) is 6.92 Å². The molecule has 2 aromatic carbocycles. The Morgan fingerprint density at radius 3 is 2.50 bits per heavy atom. The Balaban J connectivity index is 1.44. The number of anilines is 2. The van der Waals surface area contributed by atoms with E-state index in [1.165, 1.54) is 5.56 Å². The second kappa shape index (κ2) is 8.49. The van der Waals surface area contributed by atoms with Crippen LogP contribution in [0.15, 0.2) is 48.5 Å². The Hall–Kier alpha value is -3.48. The zero-order chi connectivity index (χ0) is 21.1. The van der Waals surface area contributed by atoms with E-state index in [4.69, 9.17) is 9.47 Å². The normalized spacial score (nSPS) is 14.0. The van der Waals surface area contributed by atoms with Crippen LogP contribution in [0.3, 0.4) is 0 Å². The van der Waals surface area contributed by atoms with Crippen molar-refractivity contribution in [2.45, 2.75) is 6.92 Å². The highest BCUT2D eigenvalue weighted by atomic mass is 16.5. The van der Waals surface area contributed by atoms with Gasteiger partial charge in [0.1, 0.15) is 11.4 Å². The summed E-state index contributed by atoms with van der Waals surface area (Å²) in [7, 11) is 3.23. The van der Waals surface area contributed by atoms with Gasteiger partial charge in [-0.1, -0.05) is 24.3 Å². The van der Waals surface area contributed by atoms with Crippen LogP contribution in [0.4, 0.5) is 16.2 Å². The van der Waals surface area contributed by atoms with E-state index in [9.17, 15) is 4.79 Å². The Morgan fingerprint density at radius 2 is 1.77 bits per heavy atom. The third kappa shape index (κ3) is 3.96. The molecular formula is C23H26N4O3. The van der Waals surface area contributed by atoms with Gasteiger partial charge in [-0.3, -0.25) is 0 Å². The van der Waals surface area contributed by atoms with Crippen LogP contribution >= 0.6 is 0 Å². The van der Waals surface area contributed by atoms with E-state index in [-0.39, 0.29) is 6.03 Å². The van der Waals surface area contributed by atoms with Crippen molar-refractivity contribution < 1.29 is 14.3 Å². The Labute approximate surface area is 176 Å². The predicted molar refractivity (Wildman–Crippen MR) is 119 cm³/mol. The fourth-order valence-corrected chi connectivity index (χ4v) is 3.74. The fourth-order valence-electron chi connectivity index (χ4n) is 3.74. The average molecular weight is 406 g/mol. The smallest absolute Gasteiger partial charge is 0.322 e. The summed E-state index contributed by atoms with van der Waals surface area (Å²) in [6, 6.07) is 15.6. The first-order valence-electron chi connectivity index (χ1n) is 9.98. The van der Waals surface area contributed by atoms with Crippen LogP contribution < -0.4 is 19.7 Å². The number of aryl methyl sites for hydroxylation is 1. The first-order chi connectivity index (χ1) is 14.6. The monoisotopic (exact) mass is 406 g/mol. The summed E-state index contributed by atoms with van der Waals surface area (Å²) < 4.78 is 10.7. The number of rotatable bonds is 4. The van der Waals surface area contributed by atoms with Crippen molar-refractivity contribution in [3.63, 3.8) is 0 Å². The van der Waals surface area contributed by atoms with E-state index in [1.54, 1.807) is 14.2 Å². The second-order valence-corrected chi connectivity index (χ2v) is 7.29. The summed E-state index contributed by atoms with van der Waals surface area (Å²) in [6.07, 6.45) is 0. The number of carbonyl (C=O) groups excluding carboxylic acids is 1. The molecule has 0 saturated carbocycles. The number of benzene rings is 2. The van der Waals surface area contributed by atoms with Gasteiger partial charge < -0.3 is 24.6 Å². The molecule has 7 nitrogen and oxygen atoms in total. The third-order valence-corrected chi connectivity index (χ3v) is 5.45. The van der Waals surface area contributed by atoms with Crippen molar-refractivity contribution in [1.29, 1.82) is 0 Å². The summed E-state index contributed by atoms with van der Waals surface area (Å²) in [5.41, 5.74) is 3.75. The van der Waals surface area contributed by atoms with Gasteiger partial charge in [-0.25, -0.2) is 9.78 Å². The maximum atomic E-state index is 12.9. The molecule has 7 heteroatoms. The van der Waals surface area contributed by atoms with Crippen LogP contribution in [0.2, 0.25) is 0 Å². The van der Waals surface area contributed by atoms with Crippen LogP contribution in [-0.2, 0) is 0 Å². The number of para-hydroxylation sites is 1. The highest BCUT2D eigenvalue weighted by Crippen LogP contribution is 2.28. The highest BCUT2D eigenvalue weighted by Gasteiger charge is 2.23. The number of carbonyl (C=O) groups is 1. The third-order valence-electron chi connectivity index (χ3n) is 5.45. The summed E-state index contributed by atoms with van der Waals surface area (Å²) in [6.45, 7) is 4.87. The average Bonchev–Trinajstić information content (AvgIpc) is 2.79. The van der Waals surface area contributed by atoms with Gasteiger partial charge in [-0.2, -0.15) is 0 Å². The van der Waals surface area contributed by atoms with Crippen molar-refractivity contribution in [2.75, 3.05) is 50.6 Å². The Kier molecular flexibility index (Phi) is 5.61. The number of hydrogen-bond donors (Lipinski definition) is 1. The SMILES string of the molecule is COc1ccc(C)c(N2CCN(C(=O)Nc3cc4ccccc4nc3OC)CC2)c1. The molecule has 4 rings (SSSR count). The maximum absolute atomic E-state index is 12.9. The second-order valence-electron chi connectivity index (χ2n) is 7.29. The molecular weight excluding hydrogens is 380 g/mol. The van der Waals surface area contributed by atoms with Crippen molar-refractivity contribution in [1.82, 2.24) is 9.88 Å². The molecule has 156 valence electrons. The lowest BCUT2D eigenvalue weighted by atomic mass is 10.1. The quantitative estimate of drug-likeness (QED) is 0.712. The number of urea groups is 1. The lowest BCUT2D eigenvalue weighted by Crippen LogP contribution is -2.50. The van der Waals surface area contributed by atoms with Gasteiger partial charge in [0.25, 0.3) is 0 Å². The molecule has 1 aromatic heterocycles. The number of piperazine rings is 1. The predicted octanol–water partition coefficient (Wildman–Crippen LogP) is 3.91. The molecule has 0 bridgehead atoms. The molecule has 0 aliphatic carbocycles. The largest absolute Gasteiger partial charge is 0.497 e. The molecule has 2 heterocycles. The van der Waals surface area contributed by atoms with E-state index >= 15 is 0 Å². The molecule has 30 heavy (non-hydrogen) atoms. The first kappa shape index (κ1) is 19.8. The van der Waals surface area contributed by atoms with Gasteiger partial charge in [-0.05, 0) is 30.7 Å². The number of ether oxygens (including phenoxy) is 2. The summed E-state index contributed by atoms with van der Waals surface area (Å²) in [5.74, 6) is 1.25. The van der Waals surface area contributed by atoms with E-state index in [2.05, 4.69) is 34.3 Å². The molecule has 0 atom stereocenters. The van der Waals surface area contributed by atoms with E-state index < -0.39 is 0 Å². The standard InChI is InChI=1S/C23H26N4O3/c1-16-8-9-18(29-2)15-21(16)26-10-12-27(13-11-26)23(28)25-20-14-17-6-4-5-7-19(17)24-22(20)30-3/h4-9,14-15H,10-13H2,1-3H3,(H,25,28). The number of amides is 2. The Morgan fingerprint density at radius 1 is 1.00 bits per heavy atom. The zero-order valence-corrected chi connectivity index (χ0v) is 17.5. The molecule has 1 aliphatic heterocycles. The number of pyridine rings is 1. The first-order valence-corrected chi connectivity index (χ1v) is 9.98. The number of nitrogens with one attached hydrogen (secondary N) is 1. The molecule has 1 saturated heterocycles. The molecule has 0 spiro atoms. The fraction of sp³-hybridized carbons (Fsp3) is 0.304. The molecule has 1 N–H and O–H groups in total. The van der Waals surface area contributed by atoms with E-state index in [0.717, 1.165) is 35.4 Å². The lowest BCUT2D eigenvalue weighted by Gasteiger charge is -2.36. The number of nitrogens with zero attached hydrogens (tertiary/aromatic N) is 3. The van der Waals surface area contributed by atoms with Gasteiger partial charge in [0.2, 0.25) is 5.88 Å². The number of methoxy groups -OCH3 is 2. The summed E-state index contributed by atoms with van der Waals surface area (Å²) in [4.78, 5) is 21.5. The van der Waals surface area contributed by atoms with Crippen molar-refractivity contribution in [2.24, 2.45) is 0 Å². The maximum Gasteiger partial charge on any atom is 0.322 e. The van der Waals surface area contributed by atoms with E-state index in [0.29, 0.717) is 24.7 Å².